The number of ether oxygens (including phenoxy) is 2. The summed E-state index contributed by atoms with van der Waals surface area (Å²) in [7, 11) is 0. The quantitative estimate of drug-likeness (QED) is 0.834. The minimum Gasteiger partial charge on any atom is -0.454 e. The molecule has 0 saturated carbocycles. The van der Waals surface area contributed by atoms with Gasteiger partial charge < -0.3 is 20.5 Å². The van der Waals surface area contributed by atoms with Crippen LogP contribution in [0.25, 0.3) is 0 Å². The van der Waals surface area contributed by atoms with Crippen molar-refractivity contribution in [2.75, 3.05) is 17.8 Å². The van der Waals surface area contributed by atoms with E-state index in [0.717, 1.165) is 27.3 Å². The van der Waals surface area contributed by atoms with Crippen LogP contribution in [0.5, 0.6) is 11.5 Å². The number of hydrogen-bond donors (Lipinski definition) is 2. The molecule has 1 aliphatic rings. The normalized spacial score (nSPS) is 12.5. The van der Waals surface area contributed by atoms with E-state index in [1.54, 1.807) is 0 Å². The van der Waals surface area contributed by atoms with Gasteiger partial charge in [-0.1, -0.05) is 15.9 Å². The Balaban J connectivity index is 1.90. The average Bonchev–Trinajstić information content (AvgIpc) is 2.81. The fourth-order valence-corrected chi connectivity index (χ4v) is 2.13. The summed E-state index contributed by atoms with van der Waals surface area (Å²) in [5.74, 6) is 1.51. The Morgan fingerprint density at radius 3 is 2.78 bits per heavy atom. The molecule has 0 saturated heterocycles. The Morgan fingerprint density at radius 2 is 1.89 bits per heavy atom. The molecule has 0 spiro atoms. The number of halogens is 1. The van der Waals surface area contributed by atoms with Gasteiger partial charge in [0.05, 0.1) is 11.4 Å². The minimum absolute atomic E-state index is 0.276. The zero-order chi connectivity index (χ0) is 12.5. The Morgan fingerprint density at radius 1 is 1.06 bits per heavy atom. The highest BCUT2D eigenvalue weighted by atomic mass is 79.9. The molecule has 4 nitrogen and oxygen atoms in total. The van der Waals surface area contributed by atoms with E-state index in [1.165, 1.54) is 0 Å². The van der Waals surface area contributed by atoms with Gasteiger partial charge in [0, 0.05) is 16.2 Å². The van der Waals surface area contributed by atoms with E-state index in [4.69, 9.17) is 15.2 Å². The van der Waals surface area contributed by atoms with Crippen molar-refractivity contribution in [3.8, 4) is 11.5 Å². The number of nitrogens with two attached hydrogens (primary N) is 1. The molecule has 0 aromatic heterocycles. The van der Waals surface area contributed by atoms with Gasteiger partial charge in [0.25, 0.3) is 0 Å². The van der Waals surface area contributed by atoms with Crippen LogP contribution in [0.2, 0.25) is 0 Å². The lowest BCUT2D eigenvalue weighted by atomic mass is 10.2. The van der Waals surface area contributed by atoms with Crippen molar-refractivity contribution in [2.45, 2.75) is 0 Å². The predicted molar refractivity (Wildman–Crippen MR) is 74.4 cm³/mol. The molecule has 2 aromatic rings. The number of benzene rings is 2. The van der Waals surface area contributed by atoms with Crippen LogP contribution in [-0.4, -0.2) is 6.79 Å². The first-order chi connectivity index (χ1) is 8.72. The van der Waals surface area contributed by atoms with Crippen LogP contribution in [0.1, 0.15) is 0 Å². The van der Waals surface area contributed by atoms with Crippen molar-refractivity contribution in [1.82, 2.24) is 0 Å². The average molecular weight is 307 g/mol. The van der Waals surface area contributed by atoms with Gasteiger partial charge in [-0.15, -0.1) is 0 Å². The molecule has 0 amide bonds. The second kappa shape index (κ2) is 4.42. The first-order valence-corrected chi connectivity index (χ1v) is 6.23. The van der Waals surface area contributed by atoms with Crippen molar-refractivity contribution in [3.63, 3.8) is 0 Å². The van der Waals surface area contributed by atoms with E-state index in [2.05, 4.69) is 21.2 Å². The highest BCUT2D eigenvalue weighted by Gasteiger charge is 2.13. The van der Waals surface area contributed by atoms with E-state index < -0.39 is 0 Å². The molecule has 0 fully saturated rings. The van der Waals surface area contributed by atoms with E-state index in [0.29, 0.717) is 5.69 Å². The molecule has 18 heavy (non-hydrogen) atoms. The maximum absolute atomic E-state index is 5.91. The van der Waals surface area contributed by atoms with Gasteiger partial charge in [-0.05, 0) is 30.3 Å². The summed E-state index contributed by atoms with van der Waals surface area (Å²) >= 11 is 3.42. The Bertz CT molecular complexity index is 602. The Hall–Kier alpha value is -1.88. The van der Waals surface area contributed by atoms with Crippen LogP contribution in [0.3, 0.4) is 0 Å². The Kier molecular flexibility index (Phi) is 2.76. The van der Waals surface area contributed by atoms with E-state index in [1.807, 2.05) is 36.4 Å². The first-order valence-electron chi connectivity index (χ1n) is 5.44. The standard InChI is InChI=1S/C13H11BrN2O2/c14-8-1-3-10(15)11(5-8)16-9-2-4-12-13(6-9)18-7-17-12/h1-6,16H,7,15H2. The van der Waals surface area contributed by atoms with Gasteiger partial charge >= 0.3 is 0 Å². The summed E-state index contributed by atoms with van der Waals surface area (Å²) < 4.78 is 11.6. The van der Waals surface area contributed by atoms with Crippen LogP contribution in [-0.2, 0) is 0 Å². The van der Waals surface area contributed by atoms with E-state index >= 15 is 0 Å². The molecule has 0 unspecified atom stereocenters. The molecule has 2 aromatic carbocycles. The summed E-state index contributed by atoms with van der Waals surface area (Å²) in [6.45, 7) is 0.276. The van der Waals surface area contributed by atoms with Gasteiger partial charge in [-0.2, -0.15) is 0 Å². The molecule has 0 radical (unpaired) electrons. The van der Waals surface area contributed by atoms with Gasteiger partial charge in [-0.3, -0.25) is 0 Å². The molecule has 3 rings (SSSR count). The third kappa shape index (κ3) is 2.09. The van der Waals surface area contributed by atoms with Crippen LogP contribution < -0.4 is 20.5 Å². The predicted octanol–water partition coefficient (Wildman–Crippen LogP) is 3.50. The number of nitrogen functional groups attached to an aromatic ring is 1. The van der Waals surface area contributed by atoms with E-state index in [-0.39, 0.29) is 6.79 Å². The second-order valence-electron chi connectivity index (χ2n) is 3.92. The first kappa shape index (κ1) is 11.2. The molecular weight excluding hydrogens is 296 g/mol. The fraction of sp³-hybridized carbons (Fsp3) is 0.0769. The lowest BCUT2D eigenvalue weighted by Crippen LogP contribution is -1.96. The zero-order valence-corrected chi connectivity index (χ0v) is 11.0. The number of rotatable bonds is 2. The van der Waals surface area contributed by atoms with Crippen molar-refractivity contribution in [3.05, 3.63) is 40.9 Å². The molecule has 3 N–H and O–H groups in total. The minimum atomic E-state index is 0.276. The monoisotopic (exact) mass is 306 g/mol. The van der Waals surface area contributed by atoms with Gasteiger partial charge in [0.1, 0.15) is 0 Å². The molecule has 0 bridgehead atoms. The van der Waals surface area contributed by atoms with Crippen molar-refractivity contribution >= 4 is 33.0 Å². The summed E-state index contributed by atoms with van der Waals surface area (Å²) in [6, 6.07) is 11.4. The van der Waals surface area contributed by atoms with E-state index in [9.17, 15) is 0 Å². The second-order valence-corrected chi connectivity index (χ2v) is 4.84. The third-order valence-corrected chi connectivity index (χ3v) is 3.16. The van der Waals surface area contributed by atoms with Crippen LogP contribution in [0.15, 0.2) is 40.9 Å². The largest absolute Gasteiger partial charge is 0.454 e. The molecule has 0 atom stereocenters. The molecule has 5 heteroatoms. The molecule has 1 aliphatic heterocycles. The molecule has 92 valence electrons. The van der Waals surface area contributed by atoms with Crippen molar-refractivity contribution in [1.29, 1.82) is 0 Å². The van der Waals surface area contributed by atoms with Gasteiger partial charge in [0.2, 0.25) is 6.79 Å². The lowest BCUT2D eigenvalue weighted by Gasteiger charge is -2.10. The number of fused-ring (bicyclic) bond motifs is 1. The highest BCUT2D eigenvalue weighted by Crippen LogP contribution is 2.36. The SMILES string of the molecule is Nc1ccc(Br)cc1Nc1ccc2c(c1)OCO2. The molecular formula is C13H11BrN2O2. The summed E-state index contributed by atoms with van der Waals surface area (Å²) in [5.41, 5.74) is 8.36. The third-order valence-electron chi connectivity index (χ3n) is 2.67. The number of anilines is 3. The van der Waals surface area contributed by atoms with Crippen molar-refractivity contribution < 1.29 is 9.47 Å². The molecule has 0 aliphatic carbocycles. The fourth-order valence-electron chi connectivity index (χ4n) is 1.77. The lowest BCUT2D eigenvalue weighted by molar-refractivity contribution is 0.174. The van der Waals surface area contributed by atoms with Crippen molar-refractivity contribution in [2.24, 2.45) is 0 Å². The number of hydrogen-bond acceptors (Lipinski definition) is 4. The molecule has 1 heterocycles. The maximum atomic E-state index is 5.91. The van der Waals surface area contributed by atoms with Crippen LogP contribution in [0, 0.1) is 0 Å². The smallest absolute Gasteiger partial charge is 0.231 e. The summed E-state index contributed by atoms with van der Waals surface area (Å²) in [5, 5.41) is 3.25. The number of nitrogens with one attached hydrogen (secondary N) is 1. The topological polar surface area (TPSA) is 56.5 Å². The van der Waals surface area contributed by atoms with Crippen LogP contribution >= 0.6 is 15.9 Å². The highest BCUT2D eigenvalue weighted by molar-refractivity contribution is 9.10. The maximum Gasteiger partial charge on any atom is 0.231 e. The van der Waals surface area contributed by atoms with Crippen LogP contribution in [0.4, 0.5) is 17.1 Å². The summed E-state index contributed by atoms with van der Waals surface area (Å²) in [4.78, 5) is 0. The van der Waals surface area contributed by atoms with Gasteiger partial charge in [-0.25, -0.2) is 0 Å². The summed E-state index contributed by atoms with van der Waals surface area (Å²) in [6.07, 6.45) is 0. The Labute approximate surface area is 113 Å². The zero-order valence-electron chi connectivity index (χ0n) is 9.44. The van der Waals surface area contributed by atoms with Gasteiger partial charge in [0.15, 0.2) is 11.5 Å².